The van der Waals surface area contributed by atoms with Crippen LogP contribution in [0.3, 0.4) is 0 Å². The van der Waals surface area contributed by atoms with Crippen molar-refractivity contribution >= 4 is 11.8 Å². The van der Waals surface area contributed by atoms with Gasteiger partial charge < -0.3 is 10.4 Å². The molecule has 124 valence electrons. The Hall–Kier alpha value is -2.43. The number of rotatable bonds is 4. The second kappa shape index (κ2) is 7.90. The summed E-state index contributed by atoms with van der Waals surface area (Å²) in [4.78, 5) is 0. The summed E-state index contributed by atoms with van der Waals surface area (Å²) < 4.78 is 0. The lowest BCUT2D eigenvalue weighted by atomic mass is 9.77. The minimum Gasteiger partial charge on any atom is -0.411 e. The summed E-state index contributed by atoms with van der Waals surface area (Å²) in [5.74, 6) is -0.0777. The van der Waals surface area contributed by atoms with E-state index < -0.39 is 0 Å². The van der Waals surface area contributed by atoms with E-state index in [4.69, 9.17) is 0 Å². The van der Waals surface area contributed by atoms with E-state index in [0.29, 0.717) is 5.71 Å². The number of allylic oxidation sites excluding steroid dienone is 1. The molecular weight excluding hydrogens is 300 g/mol. The van der Waals surface area contributed by atoms with Crippen LogP contribution in [-0.4, -0.2) is 16.1 Å². The van der Waals surface area contributed by atoms with E-state index in [2.05, 4.69) is 16.7 Å². The highest BCUT2D eigenvalue weighted by molar-refractivity contribution is 6.05. The van der Waals surface area contributed by atoms with Crippen LogP contribution in [0.1, 0.15) is 36.4 Å². The van der Waals surface area contributed by atoms with E-state index in [0.717, 1.165) is 36.0 Å². The number of hydrogen-bond donors (Lipinski definition) is 3. The summed E-state index contributed by atoms with van der Waals surface area (Å²) >= 11 is 0. The van der Waals surface area contributed by atoms with E-state index in [1.165, 1.54) is 0 Å². The van der Waals surface area contributed by atoms with E-state index >= 15 is 0 Å². The molecule has 1 aliphatic carbocycles. The molecule has 0 aromatic heterocycles. The van der Waals surface area contributed by atoms with E-state index in [-0.39, 0.29) is 12.0 Å². The van der Waals surface area contributed by atoms with Gasteiger partial charge in [0.2, 0.25) is 0 Å². The number of nitrogens with zero attached hydrogens (tertiary/aromatic N) is 1. The molecule has 1 fully saturated rings. The van der Waals surface area contributed by atoms with E-state index in [9.17, 15) is 10.4 Å². The molecule has 0 bridgehead atoms. The highest BCUT2D eigenvalue weighted by Crippen LogP contribution is 2.35. The molecule has 24 heavy (non-hydrogen) atoms. The molecule has 4 heteroatoms. The maximum absolute atomic E-state index is 9.71. The Morgan fingerprint density at radius 3 is 2.33 bits per heavy atom. The quantitative estimate of drug-likeness (QED) is 0.576. The molecule has 2 aromatic carbocycles. The lowest BCUT2D eigenvalue weighted by Crippen LogP contribution is -2.34. The Bertz CT molecular complexity index is 711. The maximum Gasteiger partial charge on any atom is 0.0878 e. The molecule has 3 N–H and O–H groups in total. The van der Waals surface area contributed by atoms with Gasteiger partial charge in [-0.2, -0.15) is 5.48 Å². The minimum atomic E-state index is -0.295. The van der Waals surface area contributed by atoms with Gasteiger partial charge in [-0.15, -0.1) is 0 Å². The zero-order chi connectivity index (χ0) is 16.8. The average molecular weight is 322 g/mol. The van der Waals surface area contributed by atoms with E-state index in [1.54, 1.807) is 0 Å². The average Bonchev–Trinajstić information content (AvgIpc) is 2.64. The van der Waals surface area contributed by atoms with Crippen molar-refractivity contribution in [1.29, 1.82) is 0 Å². The van der Waals surface area contributed by atoms with Crippen LogP contribution in [0.4, 0.5) is 0 Å². The summed E-state index contributed by atoms with van der Waals surface area (Å²) in [6.07, 6.45) is 4.80. The number of hydrogen-bond acceptors (Lipinski definition) is 4. The molecule has 0 aliphatic heterocycles. The lowest BCUT2D eigenvalue weighted by molar-refractivity contribution is 0.106. The second-order valence-electron chi connectivity index (χ2n) is 6.08. The molecule has 2 atom stereocenters. The fourth-order valence-corrected chi connectivity index (χ4v) is 3.43. The number of hydroxylamine groups is 1. The van der Waals surface area contributed by atoms with Crippen molar-refractivity contribution in [1.82, 2.24) is 5.48 Å². The first kappa shape index (κ1) is 16.4. The zero-order valence-corrected chi connectivity index (χ0v) is 13.5. The third-order valence-electron chi connectivity index (χ3n) is 4.59. The second-order valence-corrected chi connectivity index (χ2v) is 6.08. The van der Waals surface area contributed by atoms with Crippen molar-refractivity contribution in [2.24, 2.45) is 11.1 Å². The SMILES string of the molecule is O/N=C1\C(=C\c2ccccc2)CCCC1C(NO)c1ccccc1. The molecule has 0 heterocycles. The van der Waals surface area contributed by atoms with Crippen LogP contribution >= 0.6 is 0 Å². The normalized spacial score (nSPS) is 22.6. The van der Waals surface area contributed by atoms with Gasteiger partial charge >= 0.3 is 0 Å². The van der Waals surface area contributed by atoms with Crippen LogP contribution in [0.15, 0.2) is 71.4 Å². The van der Waals surface area contributed by atoms with Crippen molar-refractivity contribution < 1.29 is 10.4 Å². The third-order valence-corrected chi connectivity index (χ3v) is 4.59. The molecule has 0 amide bonds. The van der Waals surface area contributed by atoms with Gasteiger partial charge in [0.25, 0.3) is 0 Å². The van der Waals surface area contributed by atoms with Crippen molar-refractivity contribution in [2.75, 3.05) is 0 Å². The third kappa shape index (κ3) is 3.55. The smallest absolute Gasteiger partial charge is 0.0878 e. The van der Waals surface area contributed by atoms with Crippen molar-refractivity contribution in [3.05, 3.63) is 77.4 Å². The van der Waals surface area contributed by atoms with Crippen molar-refractivity contribution in [3.63, 3.8) is 0 Å². The van der Waals surface area contributed by atoms with Crippen molar-refractivity contribution in [3.8, 4) is 0 Å². The van der Waals surface area contributed by atoms with Gasteiger partial charge in [-0.05, 0) is 42.0 Å². The first-order chi connectivity index (χ1) is 11.8. The lowest BCUT2D eigenvalue weighted by Gasteiger charge is -2.31. The monoisotopic (exact) mass is 322 g/mol. The van der Waals surface area contributed by atoms with Gasteiger partial charge in [0.15, 0.2) is 0 Å². The minimum absolute atomic E-state index is 0.0777. The maximum atomic E-state index is 9.71. The van der Waals surface area contributed by atoms with Gasteiger partial charge in [-0.25, -0.2) is 0 Å². The summed E-state index contributed by atoms with van der Waals surface area (Å²) in [5, 5.41) is 23.0. The van der Waals surface area contributed by atoms with Crippen LogP contribution in [-0.2, 0) is 0 Å². The van der Waals surface area contributed by atoms with Gasteiger partial charge in [0, 0.05) is 5.92 Å². The largest absolute Gasteiger partial charge is 0.411 e. The van der Waals surface area contributed by atoms with Crippen molar-refractivity contribution in [2.45, 2.75) is 25.3 Å². The predicted molar refractivity (Wildman–Crippen MR) is 95.1 cm³/mol. The van der Waals surface area contributed by atoms with Crippen LogP contribution in [0.2, 0.25) is 0 Å². The molecule has 2 unspecified atom stereocenters. The Balaban J connectivity index is 1.92. The van der Waals surface area contributed by atoms with Gasteiger partial charge in [-0.3, -0.25) is 0 Å². The van der Waals surface area contributed by atoms with Crippen LogP contribution in [0.5, 0.6) is 0 Å². The molecule has 0 radical (unpaired) electrons. The highest BCUT2D eigenvalue weighted by atomic mass is 16.5. The van der Waals surface area contributed by atoms with Crippen LogP contribution < -0.4 is 5.48 Å². The summed E-state index contributed by atoms with van der Waals surface area (Å²) in [6.45, 7) is 0. The predicted octanol–water partition coefficient (Wildman–Crippen LogP) is 4.42. The molecule has 0 spiro atoms. The molecule has 0 saturated heterocycles. The van der Waals surface area contributed by atoms with Crippen LogP contribution in [0.25, 0.3) is 6.08 Å². The first-order valence-corrected chi connectivity index (χ1v) is 8.26. The summed E-state index contributed by atoms with van der Waals surface area (Å²) in [6, 6.07) is 19.5. The Kier molecular flexibility index (Phi) is 5.41. The molecule has 1 saturated carbocycles. The fraction of sp³-hybridized carbons (Fsp3) is 0.250. The summed E-state index contributed by atoms with van der Waals surface area (Å²) in [7, 11) is 0. The Labute approximate surface area is 142 Å². The molecular formula is C20H22N2O2. The highest BCUT2D eigenvalue weighted by Gasteiger charge is 2.32. The number of nitrogens with one attached hydrogen (secondary N) is 1. The number of oxime groups is 1. The Morgan fingerprint density at radius 2 is 1.71 bits per heavy atom. The number of benzene rings is 2. The topological polar surface area (TPSA) is 64.9 Å². The molecule has 2 aromatic rings. The van der Waals surface area contributed by atoms with Gasteiger partial charge in [0.1, 0.15) is 0 Å². The van der Waals surface area contributed by atoms with Gasteiger partial charge in [0.05, 0.1) is 11.8 Å². The fourth-order valence-electron chi connectivity index (χ4n) is 3.43. The zero-order valence-electron chi connectivity index (χ0n) is 13.5. The van der Waals surface area contributed by atoms with Crippen LogP contribution in [0, 0.1) is 5.92 Å². The first-order valence-electron chi connectivity index (χ1n) is 8.26. The molecule has 4 nitrogen and oxygen atoms in total. The summed E-state index contributed by atoms with van der Waals surface area (Å²) in [5.41, 5.74) is 6.16. The van der Waals surface area contributed by atoms with E-state index in [1.807, 2.05) is 60.7 Å². The standard InChI is InChI=1S/C20H22N2O2/c23-21-19(16-10-5-2-6-11-16)18-13-7-12-17(20(18)22-24)14-15-8-3-1-4-9-15/h1-6,8-11,14,18-19,21,23-24H,7,12-13H2/b17-14+,22-20+. The van der Waals surface area contributed by atoms with Gasteiger partial charge in [-0.1, -0.05) is 65.8 Å². The Morgan fingerprint density at radius 1 is 1.04 bits per heavy atom. The molecule has 3 rings (SSSR count). The molecule has 1 aliphatic rings.